The third kappa shape index (κ3) is 4.06. The predicted molar refractivity (Wildman–Crippen MR) is 59.4 cm³/mol. The van der Waals surface area contributed by atoms with Crippen molar-refractivity contribution < 1.29 is 9.53 Å². The molecule has 0 spiro atoms. The van der Waals surface area contributed by atoms with Crippen LogP contribution in [-0.4, -0.2) is 12.6 Å². The lowest BCUT2D eigenvalue weighted by molar-refractivity contribution is -0.137. The SMILES string of the molecule is CCOC(=O)C=C(CC1CC1)CC1CC1. The van der Waals surface area contributed by atoms with Gasteiger partial charge in [0.2, 0.25) is 0 Å². The zero-order valence-corrected chi connectivity index (χ0v) is 9.50. The molecule has 0 unspecified atom stereocenters. The lowest BCUT2D eigenvalue weighted by Crippen LogP contribution is -2.02. The van der Waals surface area contributed by atoms with E-state index < -0.39 is 0 Å². The zero-order chi connectivity index (χ0) is 10.7. The van der Waals surface area contributed by atoms with Crippen LogP contribution in [0, 0.1) is 11.8 Å². The van der Waals surface area contributed by atoms with Crippen molar-refractivity contribution in [2.45, 2.75) is 45.4 Å². The van der Waals surface area contributed by atoms with Gasteiger partial charge in [-0.3, -0.25) is 0 Å². The minimum atomic E-state index is -0.145. The van der Waals surface area contributed by atoms with E-state index in [0.29, 0.717) is 6.61 Å². The molecule has 0 saturated heterocycles. The Morgan fingerprint density at radius 1 is 1.20 bits per heavy atom. The molecule has 2 rings (SSSR count). The smallest absolute Gasteiger partial charge is 0.330 e. The second-order valence-corrected chi connectivity index (χ2v) is 4.85. The standard InChI is InChI=1S/C13H20O2/c1-2-15-13(14)9-12(7-10-3-4-10)8-11-5-6-11/h9-11H,2-8H2,1H3. The summed E-state index contributed by atoms with van der Waals surface area (Å²) in [6.45, 7) is 2.34. The van der Waals surface area contributed by atoms with Crippen molar-refractivity contribution >= 4 is 5.97 Å². The summed E-state index contributed by atoms with van der Waals surface area (Å²) in [6.07, 6.45) is 9.43. The molecule has 0 amide bonds. The minimum absolute atomic E-state index is 0.145. The van der Waals surface area contributed by atoms with E-state index in [4.69, 9.17) is 4.74 Å². The van der Waals surface area contributed by atoms with Gasteiger partial charge in [-0.05, 0) is 57.3 Å². The molecule has 0 aromatic rings. The Hall–Kier alpha value is -0.790. The fourth-order valence-corrected chi connectivity index (χ4v) is 1.94. The van der Waals surface area contributed by atoms with Gasteiger partial charge in [-0.2, -0.15) is 0 Å². The summed E-state index contributed by atoms with van der Waals surface area (Å²) in [5.41, 5.74) is 1.33. The Balaban J connectivity index is 1.85. The van der Waals surface area contributed by atoms with E-state index in [1.807, 2.05) is 6.92 Å². The van der Waals surface area contributed by atoms with Crippen molar-refractivity contribution in [2.75, 3.05) is 6.61 Å². The highest BCUT2D eigenvalue weighted by Crippen LogP contribution is 2.41. The lowest BCUT2D eigenvalue weighted by Gasteiger charge is -2.05. The molecule has 2 heteroatoms. The average Bonchev–Trinajstić information content (AvgIpc) is 2.99. The number of carbonyl (C=O) groups is 1. The number of carbonyl (C=O) groups excluding carboxylic acids is 1. The molecule has 84 valence electrons. The second kappa shape index (κ2) is 4.82. The van der Waals surface area contributed by atoms with Crippen molar-refractivity contribution in [1.29, 1.82) is 0 Å². The van der Waals surface area contributed by atoms with E-state index in [1.165, 1.54) is 31.3 Å². The van der Waals surface area contributed by atoms with E-state index in [0.717, 1.165) is 24.7 Å². The van der Waals surface area contributed by atoms with Crippen molar-refractivity contribution in [1.82, 2.24) is 0 Å². The Morgan fingerprint density at radius 3 is 2.13 bits per heavy atom. The average molecular weight is 208 g/mol. The summed E-state index contributed by atoms with van der Waals surface area (Å²) in [5, 5.41) is 0. The Bertz CT molecular complexity index is 244. The zero-order valence-electron chi connectivity index (χ0n) is 9.50. The molecule has 0 atom stereocenters. The van der Waals surface area contributed by atoms with Crippen LogP contribution in [0.15, 0.2) is 11.6 Å². The molecule has 0 heterocycles. The van der Waals surface area contributed by atoms with Crippen LogP contribution in [-0.2, 0) is 9.53 Å². The van der Waals surface area contributed by atoms with Crippen molar-refractivity contribution in [3.63, 3.8) is 0 Å². The van der Waals surface area contributed by atoms with Gasteiger partial charge in [0.15, 0.2) is 0 Å². The van der Waals surface area contributed by atoms with Gasteiger partial charge in [0, 0.05) is 6.08 Å². The summed E-state index contributed by atoms with van der Waals surface area (Å²) in [6, 6.07) is 0. The lowest BCUT2D eigenvalue weighted by atomic mass is 10.0. The maximum absolute atomic E-state index is 11.4. The maximum Gasteiger partial charge on any atom is 0.330 e. The minimum Gasteiger partial charge on any atom is -0.463 e. The first-order chi connectivity index (χ1) is 7.28. The van der Waals surface area contributed by atoms with Crippen LogP contribution in [0.3, 0.4) is 0 Å². The van der Waals surface area contributed by atoms with Gasteiger partial charge in [-0.25, -0.2) is 4.79 Å². The first-order valence-electron chi connectivity index (χ1n) is 6.14. The van der Waals surface area contributed by atoms with Crippen LogP contribution in [0.5, 0.6) is 0 Å². The van der Waals surface area contributed by atoms with Gasteiger partial charge in [-0.1, -0.05) is 5.57 Å². The molecule has 2 nitrogen and oxygen atoms in total. The van der Waals surface area contributed by atoms with Gasteiger partial charge in [0.25, 0.3) is 0 Å². The monoisotopic (exact) mass is 208 g/mol. The van der Waals surface area contributed by atoms with E-state index >= 15 is 0 Å². The highest BCUT2D eigenvalue weighted by atomic mass is 16.5. The first kappa shape index (κ1) is 10.7. The molecule has 0 aromatic carbocycles. The van der Waals surface area contributed by atoms with Gasteiger partial charge in [0.1, 0.15) is 0 Å². The van der Waals surface area contributed by atoms with Crippen LogP contribution >= 0.6 is 0 Å². The largest absolute Gasteiger partial charge is 0.463 e. The summed E-state index contributed by atoms with van der Waals surface area (Å²) in [4.78, 5) is 11.4. The quantitative estimate of drug-likeness (QED) is 0.495. The number of hydrogen-bond acceptors (Lipinski definition) is 2. The number of rotatable bonds is 6. The maximum atomic E-state index is 11.4. The number of ether oxygens (including phenoxy) is 1. The highest BCUT2D eigenvalue weighted by molar-refractivity contribution is 5.82. The number of allylic oxidation sites excluding steroid dienone is 1. The highest BCUT2D eigenvalue weighted by Gasteiger charge is 2.27. The normalized spacial score (nSPS) is 19.8. The molecular formula is C13H20O2. The van der Waals surface area contributed by atoms with Gasteiger partial charge < -0.3 is 4.74 Å². The van der Waals surface area contributed by atoms with Crippen LogP contribution in [0.1, 0.15) is 45.4 Å². The van der Waals surface area contributed by atoms with Gasteiger partial charge in [-0.15, -0.1) is 0 Å². The summed E-state index contributed by atoms with van der Waals surface area (Å²) >= 11 is 0. The molecule has 2 fully saturated rings. The summed E-state index contributed by atoms with van der Waals surface area (Å²) in [5.74, 6) is 1.59. The summed E-state index contributed by atoms with van der Waals surface area (Å²) < 4.78 is 4.96. The van der Waals surface area contributed by atoms with Crippen LogP contribution in [0.25, 0.3) is 0 Å². The topological polar surface area (TPSA) is 26.3 Å². The van der Waals surface area contributed by atoms with Crippen LogP contribution in [0.4, 0.5) is 0 Å². The van der Waals surface area contributed by atoms with Crippen molar-refractivity contribution in [3.05, 3.63) is 11.6 Å². The Kier molecular flexibility index (Phi) is 3.45. The van der Waals surface area contributed by atoms with Gasteiger partial charge >= 0.3 is 5.97 Å². The number of hydrogen-bond donors (Lipinski definition) is 0. The molecule has 2 saturated carbocycles. The molecule has 0 aromatic heterocycles. The van der Waals surface area contributed by atoms with Crippen LogP contribution < -0.4 is 0 Å². The van der Waals surface area contributed by atoms with E-state index in [-0.39, 0.29) is 5.97 Å². The predicted octanol–water partition coefficient (Wildman–Crippen LogP) is 3.08. The third-order valence-electron chi connectivity index (χ3n) is 3.10. The molecule has 0 radical (unpaired) electrons. The fourth-order valence-electron chi connectivity index (χ4n) is 1.94. The van der Waals surface area contributed by atoms with E-state index in [2.05, 4.69) is 0 Å². The van der Waals surface area contributed by atoms with Crippen molar-refractivity contribution in [3.8, 4) is 0 Å². The van der Waals surface area contributed by atoms with Gasteiger partial charge in [0.05, 0.1) is 6.61 Å². The molecular weight excluding hydrogens is 188 g/mol. The second-order valence-electron chi connectivity index (χ2n) is 4.85. The van der Waals surface area contributed by atoms with Crippen molar-refractivity contribution in [2.24, 2.45) is 11.8 Å². The number of esters is 1. The summed E-state index contributed by atoms with van der Waals surface area (Å²) in [7, 11) is 0. The van der Waals surface area contributed by atoms with E-state index in [1.54, 1.807) is 6.08 Å². The van der Waals surface area contributed by atoms with E-state index in [9.17, 15) is 4.79 Å². The Labute approximate surface area is 91.7 Å². The Morgan fingerprint density at radius 2 is 1.73 bits per heavy atom. The fraction of sp³-hybridized carbons (Fsp3) is 0.769. The molecule has 2 aliphatic carbocycles. The molecule has 2 aliphatic rings. The molecule has 0 N–H and O–H groups in total. The first-order valence-corrected chi connectivity index (χ1v) is 6.14. The third-order valence-corrected chi connectivity index (χ3v) is 3.10. The molecule has 15 heavy (non-hydrogen) atoms. The van der Waals surface area contributed by atoms with Crippen LogP contribution in [0.2, 0.25) is 0 Å². The molecule has 0 aliphatic heterocycles. The molecule has 0 bridgehead atoms.